The molecule has 5 heteroatoms. The molecule has 2 aliphatic heterocycles. The van der Waals surface area contributed by atoms with E-state index in [0.29, 0.717) is 18.1 Å². The van der Waals surface area contributed by atoms with Gasteiger partial charge in [-0.05, 0) is 34.8 Å². The molecule has 2 aromatic rings. The summed E-state index contributed by atoms with van der Waals surface area (Å²) in [6.07, 6.45) is 5.88. The molecule has 31 heavy (non-hydrogen) atoms. The first-order chi connectivity index (χ1) is 14.7. The van der Waals surface area contributed by atoms with E-state index in [4.69, 9.17) is 16.4 Å². The topological polar surface area (TPSA) is 41.9 Å². The minimum Gasteiger partial charge on any atom is -0.388 e. The second-order valence-electron chi connectivity index (χ2n) is 9.53. The minimum absolute atomic E-state index is 0.0451. The van der Waals surface area contributed by atoms with E-state index in [-0.39, 0.29) is 16.9 Å². The fourth-order valence-electron chi connectivity index (χ4n) is 4.11. The second-order valence-corrected chi connectivity index (χ2v) is 9.97. The quantitative estimate of drug-likeness (QED) is 0.567. The highest BCUT2D eigenvalue weighted by atomic mass is 35.5. The maximum atomic E-state index is 12.7. The zero-order valence-electron chi connectivity index (χ0n) is 18.4. The van der Waals surface area contributed by atoms with Gasteiger partial charge >= 0.3 is 0 Å². The van der Waals surface area contributed by atoms with Crippen molar-refractivity contribution in [3.8, 4) is 0 Å². The molecule has 0 N–H and O–H groups in total. The van der Waals surface area contributed by atoms with Gasteiger partial charge in [0.15, 0.2) is 0 Å². The molecular weight excluding hydrogens is 408 g/mol. The average Bonchev–Trinajstić information content (AvgIpc) is 3.16. The number of carbonyl (C=O) groups excluding carboxylic acids is 1. The van der Waals surface area contributed by atoms with E-state index >= 15 is 0 Å². The number of benzene rings is 2. The number of amides is 1. The fraction of sp³-hybridized carbons (Fsp3) is 0.385. The number of rotatable bonds is 3. The monoisotopic (exact) mass is 436 g/mol. The van der Waals surface area contributed by atoms with Gasteiger partial charge in [0.1, 0.15) is 5.60 Å². The van der Waals surface area contributed by atoms with E-state index in [1.165, 1.54) is 5.56 Å². The van der Waals surface area contributed by atoms with Crippen LogP contribution < -0.4 is 0 Å². The summed E-state index contributed by atoms with van der Waals surface area (Å²) in [4.78, 5) is 20.4. The van der Waals surface area contributed by atoms with Gasteiger partial charge in [0.2, 0.25) is 5.91 Å². The lowest BCUT2D eigenvalue weighted by Gasteiger charge is -2.36. The summed E-state index contributed by atoms with van der Waals surface area (Å²) in [7, 11) is 0. The van der Waals surface area contributed by atoms with Crippen LogP contribution in [0.25, 0.3) is 6.08 Å². The maximum absolute atomic E-state index is 12.7. The van der Waals surface area contributed by atoms with Gasteiger partial charge in [-0.2, -0.15) is 0 Å². The second kappa shape index (κ2) is 8.51. The zero-order chi connectivity index (χ0) is 22.1. The third-order valence-corrected chi connectivity index (χ3v) is 6.41. The minimum atomic E-state index is -0.305. The standard InChI is InChI=1S/C26H29ClN2O2/c1-25(2,3)21-10-7-19(8-11-21)9-12-24(30)29-15-13-26(14-16-29)18-23(28-31-26)20-5-4-6-22(27)17-20/h4-12,17H,13-16,18H2,1-3H3. The molecule has 0 bridgehead atoms. The Bertz CT molecular complexity index is 1010. The summed E-state index contributed by atoms with van der Waals surface area (Å²) < 4.78 is 0. The van der Waals surface area contributed by atoms with Crippen molar-refractivity contribution in [1.29, 1.82) is 0 Å². The summed E-state index contributed by atoms with van der Waals surface area (Å²) in [5, 5.41) is 5.03. The van der Waals surface area contributed by atoms with Crippen LogP contribution in [-0.2, 0) is 15.0 Å². The number of halogens is 1. The van der Waals surface area contributed by atoms with Crippen molar-refractivity contribution in [1.82, 2.24) is 4.90 Å². The Kier molecular flexibility index (Phi) is 5.94. The number of likely N-dealkylation sites (tertiary alicyclic amines) is 1. The molecule has 4 nitrogen and oxygen atoms in total. The zero-order valence-corrected chi connectivity index (χ0v) is 19.2. The SMILES string of the molecule is CC(C)(C)c1ccc(C=CC(=O)N2CCC3(CC2)CC(c2cccc(Cl)c2)=NO3)cc1. The Morgan fingerprint density at radius 1 is 1.13 bits per heavy atom. The van der Waals surface area contributed by atoms with E-state index in [1.807, 2.05) is 35.2 Å². The number of piperidine rings is 1. The van der Waals surface area contributed by atoms with E-state index in [0.717, 1.165) is 36.1 Å². The molecular formula is C26H29ClN2O2. The van der Waals surface area contributed by atoms with Crippen LogP contribution in [0.3, 0.4) is 0 Å². The van der Waals surface area contributed by atoms with Gasteiger partial charge in [-0.25, -0.2) is 0 Å². The van der Waals surface area contributed by atoms with E-state index in [2.05, 4.69) is 50.2 Å². The molecule has 2 aromatic carbocycles. The highest BCUT2D eigenvalue weighted by molar-refractivity contribution is 6.31. The normalized spacial score (nSPS) is 18.3. The molecule has 4 rings (SSSR count). The Balaban J connectivity index is 1.32. The van der Waals surface area contributed by atoms with Crippen LogP contribution in [0.15, 0.2) is 59.8 Å². The van der Waals surface area contributed by atoms with Crippen LogP contribution >= 0.6 is 11.6 Å². The van der Waals surface area contributed by atoms with E-state index < -0.39 is 0 Å². The predicted octanol–water partition coefficient (Wildman–Crippen LogP) is 5.84. The summed E-state index contributed by atoms with van der Waals surface area (Å²) in [5.41, 5.74) is 4.08. The Labute approximate surface area is 189 Å². The van der Waals surface area contributed by atoms with Crippen LogP contribution in [0, 0.1) is 0 Å². The van der Waals surface area contributed by atoms with Crippen molar-refractivity contribution in [3.63, 3.8) is 0 Å². The smallest absolute Gasteiger partial charge is 0.246 e. The molecule has 162 valence electrons. The van der Waals surface area contributed by atoms with Crippen LogP contribution in [-0.4, -0.2) is 35.2 Å². The largest absolute Gasteiger partial charge is 0.388 e. The lowest BCUT2D eigenvalue weighted by molar-refractivity contribution is -0.131. The van der Waals surface area contributed by atoms with Gasteiger partial charge in [-0.15, -0.1) is 0 Å². The highest BCUT2D eigenvalue weighted by Crippen LogP contribution is 2.36. The molecule has 0 unspecified atom stereocenters. The summed E-state index contributed by atoms with van der Waals surface area (Å²) >= 11 is 6.11. The van der Waals surface area contributed by atoms with Gasteiger partial charge in [0.25, 0.3) is 0 Å². The molecule has 2 heterocycles. The third-order valence-electron chi connectivity index (χ3n) is 6.18. The molecule has 0 atom stereocenters. The Morgan fingerprint density at radius 2 is 1.84 bits per heavy atom. The van der Waals surface area contributed by atoms with Crippen molar-refractivity contribution >= 4 is 29.3 Å². The maximum Gasteiger partial charge on any atom is 0.246 e. The third kappa shape index (κ3) is 5.01. The first kappa shape index (κ1) is 21.6. The molecule has 2 aliphatic rings. The van der Waals surface area contributed by atoms with Crippen molar-refractivity contribution in [3.05, 3.63) is 76.3 Å². The molecule has 0 aromatic heterocycles. The van der Waals surface area contributed by atoms with Crippen molar-refractivity contribution in [2.45, 2.75) is 51.0 Å². The molecule has 1 amide bonds. The highest BCUT2D eigenvalue weighted by Gasteiger charge is 2.42. The van der Waals surface area contributed by atoms with E-state index in [9.17, 15) is 4.79 Å². The lowest BCUT2D eigenvalue weighted by atomic mass is 9.85. The number of nitrogens with zero attached hydrogens (tertiary/aromatic N) is 2. The van der Waals surface area contributed by atoms with Crippen LogP contribution in [0.5, 0.6) is 0 Å². The molecule has 1 saturated heterocycles. The lowest BCUT2D eigenvalue weighted by Crippen LogP contribution is -2.46. The summed E-state index contributed by atoms with van der Waals surface area (Å²) in [5.74, 6) is 0.0451. The van der Waals surface area contributed by atoms with Crippen LogP contribution in [0.2, 0.25) is 5.02 Å². The number of carbonyl (C=O) groups is 1. The van der Waals surface area contributed by atoms with Crippen molar-refractivity contribution < 1.29 is 9.63 Å². The van der Waals surface area contributed by atoms with Gasteiger partial charge in [-0.3, -0.25) is 4.79 Å². The van der Waals surface area contributed by atoms with Gasteiger partial charge in [0.05, 0.1) is 5.71 Å². The van der Waals surface area contributed by atoms with Gasteiger partial charge in [0, 0.05) is 49.0 Å². The first-order valence-electron chi connectivity index (χ1n) is 10.8. The van der Waals surface area contributed by atoms with Crippen LogP contribution in [0.4, 0.5) is 0 Å². The molecule has 0 saturated carbocycles. The summed E-state index contributed by atoms with van der Waals surface area (Å²) in [6.45, 7) is 7.93. The molecule has 0 radical (unpaired) electrons. The van der Waals surface area contributed by atoms with E-state index in [1.54, 1.807) is 6.08 Å². The number of hydrogen-bond acceptors (Lipinski definition) is 3. The molecule has 1 fully saturated rings. The average molecular weight is 437 g/mol. The van der Waals surface area contributed by atoms with Crippen LogP contribution in [0.1, 0.15) is 56.7 Å². The van der Waals surface area contributed by atoms with Crippen molar-refractivity contribution in [2.75, 3.05) is 13.1 Å². The molecule has 0 aliphatic carbocycles. The number of hydrogen-bond donors (Lipinski definition) is 0. The fourth-order valence-corrected chi connectivity index (χ4v) is 4.30. The van der Waals surface area contributed by atoms with Gasteiger partial charge < -0.3 is 9.74 Å². The number of oxime groups is 1. The predicted molar refractivity (Wildman–Crippen MR) is 126 cm³/mol. The Hall–Kier alpha value is -2.59. The molecule has 1 spiro atoms. The van der Waals surface area contributed by atoms with Gasteiger partial charge in [-0.1, -0.05) is 73.9 Å². The Morgan fingerprint density at radius 3 is 2.48 bits per heavy atom. The summed E-state index contributed by atoms with van der Waals surface area (Å²) in [6, 6.07) is 16.1. The van der Waals surface area contributed by atoms with Crippen molar-refractivity contribution in [2.24, 2.45) is 5.16 Å². The first-order valence-corrected chi connectivity index (χ1v) is 11.2.